The zero-order valence-corrected chi connectivity index (χ0v) is 18.1. The third kappa shape index (κ3) is 4.51. The first-order valence-corrected chi connectivity index (χ1v) is 10.2. The lowest BCUT2D eigenvalue weighted by molar-refractivity contribution is -0.120. The second kappa shape index (κ2) is 9.05. The van der Waals surface area contributed by atoms with Gasteiger partial charge in [-0.05, 0) is 72.8 Å². The average Bonchev–Trinajstić information content (AvgIpc) is 3.04. The van der Waals surface area contributed by atoms with E-state index < -0.39 is 11.8 Å². The van der Waals surface area contributed by atoms with Crippen molar-refractivity contribution in [1.29, 1.82) is 0 Å². The number of anilines is 3. The molecule has 1 aliphatic rings. The summed E-state index contributed by atoms with van der Waals surface area (Å²) in [6, 6.07) is 18.9. The summed E-state index contributed by atoms with van der Waals surface area (Å²) < 4.78 is 5.10. The Labute approximate surface area is 194 Å². The standard InChI is InChI=1S/C24H18ClN3O5/c1-33-19-12-8-17(9-13-19)28-23(31)20(25)21(24(28)32)26-15-4-2-14(3-5-15)22(30)27-16-6-10-18(29)11-7-16/h2-13,26,29H,1H3,(H,27,30). The second-order valence-electron chi connectivity index (χ2n) is 7.04. The minimum Gasteiger partial charge on any atom is -0.508 e. The zero-order chi connectivity index (χ0) is 23.5. The van der Waals surface area contributed by atoms with E-state index in [-0.39, 0.29) is 22.4 Å². The maximum absolute atomic E-state index is 12.9. The molecule has 0 fully saturated rings. The molecule has 8 nitrogen and oxygen atoms in total. The van der Waals surface area contributed by atoms with E-state index in [1.54, 1.807) is 60.7 Å². The topological polar surface area (TPSA) is 108 Å². The molecule has 3 N–H and O–H groups in total. The number of carbonyl (C=O) groups is 3. The highest BCUT2D eigenvalue weighted by Gasteiger charge is 2.38. The number of phenols is 1. The van der Waals surface area contributed by atoms with Gasteiger partial charge >= 0.3 is 0 Å². The third-order valence-electron chi connectivity index (χ3n) is 4.90. The van der Waals surface area contributed by atoms with E-state index in [2.05, 4.69) is 10.6 Å². The normalized spacial score (nSPS) is 13.3. The number of nitrogens with zero attached hydrogens (tertiary/aromatic N) is 1. The van der Waals surface area contributed by atoms with Crippen molar-refractivity contribution in [2.24, 2.45) is 0 Å². The molecule has 0 saturated heterocycles. The Hall–Kier alpha value is -4.30. The van der Waals surface area contributed by atoms with Gasteiger partial charge in [0, 0.05) is 16.9 Å². The van der Waals surface area contributed by atoms with Crippen molar-refractivity contribution in [2.45, 2.75) is 0 Å². The SMILES string of the molecule is COc1ccc(N2C(=O)C(Cl)=C(Nc3ccc(C(=O)Nc4ccc(O)cc4)cc3)C2=O)cc1. The molecule has 0 radical (unpaired) electrons. The zero-order valence-electron chi connectivity index (χ0n) is 17.3. The van der Waals surface area contributed by atoms with Gasteiger partial charge in [-0.25, -0.2) is 4.90 Å². The fourth-order valence-electron chi connectivity index (χ4n) is 3.17. The highest BCUT2D eigenvalue weighted by atomic mass is 35.5. The Morgan fingerprint density at radius 1 is 0.879 bits per heavy atom. The number of methoxy groups -OCH3 is 1. The Morgan fingerprint density at radius 2 is 1.48 bits per heavy atom. The molecular weight excluding hydrogens is 446 g/mol. The number of amides is 3. The number of hydrogen-bond acceptors (Lipinski definition) is 6. The number of imide groups is 1. The minimum atomic E-state index is -0.640. The summed E-state index contributed by atoms with van der Waals surface area (Å²) in [5.74, 6) is -0.891. The number of nitrogens with one attached hydrogen (secondary N) is 2. The maximum atomic E-state index is 12.9. The van der Waals surface area contributed by atoms with Crippen LogP contribution in [0.2, 0.25) is 0 Å². The number of benzene rings is 3. The van der Waals surface area contributed by atoms with Crippen molar-refractivity contribution in [1.82, 2.24) is 0 Å². The van der Waals surface area contributed by atoms with Gasteiger partial charge in [-0.1, -0.05) is 11.6 Å². The van der Waals surface area contributed by atoms with Crippen LogP contribution >= 0.6 is 11.6 Å². The fourth-order valence-corrected chi connectivity index (χ4v) is 3.39. The first-order valence-electron chi connectivity index (χ1n) is 9.77. The van der Waals surface area contributed by atoms with Gasteiger partial charge in [-0.15, -0.1) is 0 Å². The summed E-state index contributed by atoms with van der Waals surface area (Å²) in [5.41, 5.74) is 1.69. The lowest BCUT2D eigenvalue weighted by Gasteiger charge is -2.15. The Morgan fingerprint density at radius 3 is 2.09 bits per heavy atom. The minimum absolute atomic E-state index is 0.0567. The van der Waals surface area contributed by atoms with Crippen LogP contribution in [0.3, 0.4) is 0 Å². The van der Waals surface area contributed by atoms with E-state index >= 15 is 0 Å². The molecule has 1 heterocycles. The van der Waals surface area contributed by atoms with Gasteiger partial charge < -0.3 is 20.5 Å². The molecule has 0 unspecified atom stereocenters. The summed E-state index contributed by atoms with van der Waals surface area (Å²) in [7, 11) is 1.52. The molecule has 0 spiro atoms. The maximum Gasteiger partial charge on any atom is 0.283 e. The molecule has 4 rings (SSSR count). The lowest BCUT2D eigenvalue weighted by atomic mass is 10.2. The quantitative estimate of drug-likeness (QED) is 0.375. The number of ether oxygens (including phenoxy) is 1. The van der Waals surface area contributed by atoms with E-state index in [0.29, 0.717) is 28.4 Å². The lowest BCUT2D eigenvalue weighted by Crippen LogP contribution is -2.32. The van der Waals surface area contributed by atoms with E-state index in [4.69, 9.17) is 16.3 Å². The summed E-state index contributed by atoms with van der Waals surface area (Å²) in [4.78, 5) is 38.8. The molecule has 0 aliphatic carbocycles. The van der Waals surface area contributed by atoms with Crippen LogP contribution in [0.1, 0.15) is 10.4 Å². The summed E-state index contributed by atoms with van der Waals surface area (Å²) in [5, 5.41) is 14.7. The molecular formula is C24H18ClN3O5. The van der Waals surface area contributed by atoms with Gasteiger partial charge in [0.05, 0.1) is 12.8 Å². The molecule has 3 aromatic carbocycles. The van der Waals surface area contributed by atoms with Crippen LogP contribution in [-0.2, 0) is 9.59 Å². The van der Waals surface area contributed by atoms with Gasteiger partial charge in [0.1, 0.15) is 22.2 Å². The number of rotatable bonds is 6. The van der Waals surface area contributed by atoms with Crippen LogP contribution in [0, 0.1) is 0 Å². The van der Waals surface area contributed by atoms with E-state index in [1.807, 2.05) is 0 Å². The second-order valence-corrected chi connectivity index (χ2v) is 7.41. The molecule has 0 atom stereocenters. The van der Waals surface area contributed by atoms with Crippen molar-refractivity contribution in [3.63, 3.8) is 0 Å². The van der Waals surface area contributed by atoms with Crippen LogP contribution in [0.15, 0.2) is 83.5 Å². The van der Waals surface area contributed by atoms with Crippen LogP contribution in [0.5, 0.6) is 11.5 Å². The first-order chi connectivity index (χ1) is 15.9. The van der Waals surface area contributed by atoms with Crippen molar-refractivity contribution in [3.05, 3.63) is 89.1 Å². The van der Waals surface area contributed by atoms with Crippen LogP contribution < -0.4 is 20.3 Å². The predicted molar refractivity (Wildman–Crippen MR) is 124 cm³/mol. The van der Waals surface area contributed by atoms with Gasteiger partial charge in [0.25, 0.3) is 17.7 Å². The summed E-state index contributed by atoms with van der Waals surface area (Å²) in [6.45, 7) is 0. The number of aromatic hydroxyl groups is 1. The van der Waals surface area contributed by atoms with Gasteiger partial charge in [-0.2, -0.15) is 0 Å². The van der Waals surface area contributed by atoms with Gasteiger partial charge in [0.2, 0.25) is 0 Å². The summed E-state index contributed by atoms with van der Waals surface area (Å²) in [6.07, 6.45) is 0. The van der Waals surface area contributed by atoms with E-state index in [0.717, 1.165) is 4.90 Å². The molecule has 1 aliphatic heterocycles. The number of halogens is 1. The Balaban J connectivity index is 1.46. The number of hydrogen-bond donors (Lipinski definition) is 3. The predicted octanol–water partition coefficient (Wildman–Crippen LogP) is 4.09. The average molecular weight is 464 g/mol. The summed E-state index contributed by atoms with van der Waals surface area (Å²) >= 11 is 6.16. The fraction of sp³-hybridized carbons (Fsp3) is 0.0417. The molecule has 9 heteroatoms. The number of carbonyl (C=O) groups excluding carboxylic acids is 3. The van der Waals surface area contributed by atoms with Crippen LogP contribution in [0.25, 0.3) is 0 Å². The molecule has 0 aromatic heterocycles. The molecule has 166 valence electrons. The Kier molecular flexibility index (Phi) is 6.01. The third-order valence-corrected chi connectivity index (χ3v) is 5.25. The van der Waals surface area contributed by atoms with Gasteiger partial charge in [-0.3, -0.25) is 14.4 Å². The first kappa shape index (κ1) is 21.9. The van der Waals surface area contributed by atoms with Crippen LogP contribution in [0.4, 0.5) is 17.1 Å². The molecule has 3 amide bonds. The largest absolute Gasteiger partial charge is 0.508 e. The molecule has 3 aromatic rings. The van der Waals surface area contributed by atoms with Crippen molar-refractivity contribution >= 4 is 46.4 Å². The van der Waals surface area contributed by atoms with Crippen molar-refractivity contribution in [3.8, 4) is 11.5 Å². The van der Waals surface area contributed by atoms with Crippen molar-refractivity contribution in [2.75, 3.05) is 22.6 Å². The van der Waals surface area contributed by atoms with E-state index in [1.165, 1.54) is 19.2 Å². The highest BCUT2D eigenvalue weighted by molar-refractivity contribution is 6.53. The highest BCUT2D eigenvalue weighted by Crippen LogP contribution is 2.31. The molecule has 0 bridgehead atoms. The van der Waals surface area contributed by atoms with Crippen LogP contribution in [-0.4, -0.2) is 29.9 Å². The molecule has 33 heavy (non-hydrogen) atoms. The number of phenolic OH excluding ortho intramolecular Hbond substituents is 1. The smallest absolute Gasteiger partial charge is 0.283 e. The monoisotopic (exact) mass is 463 g/mol. The Bertz CT molecular complexity index is 1250. The van der Waals surface area contributed by atoms with E-state index in [9.17, 15) is 19.5 Å². The van der Waals surface area contributed by atoms with Crippen molar-refractivity contribution < 1.29 is 24.2 Å². The molecule has 0 saturated carbocycles. The van der Waals surface area contributed by atoms with Gasteiger partial charge in [0.15, 0.2) is 0 Å².